The molecule has 1 heterocycles. The lowest BCUT2D eigenvalue weighted by atomic mass is 10.1. The van der Waals surface area contributed by atoms with E-state index in [-0.39, 0.29) is 0 Å². The van der Waals surface area contributed by atoms with E-state index in [1.165, 1.54) is 16.5 Å². The van der Waals surface area contributed by atoms with Crippen LogP contribution in [0.4, 0.5) is 0 Å². The third kappa shape index (κ3) is 2.90. The summed E-state index contributed by atoms with van der Waals surface area (Å²) >= 11 is 0. The highest BCUT2D eigenvalue weighted by molar-refractivity contribution is 5.87. The number of fused-ring (bicyclic) bond motifs is 1. The van der Waals surface area contributed by atoms with E-state index in [1.807, 2.05) is 6.07 Å². The van der Waals surface area contributed by atoms with Crippen molar-refractivity contribution in [3.05, 3.63) is 23.9 Å². The molecule has 4 nitrogen and oxygen atoms in total. The van der Waals surface area contributed by atoms with Gasteiger partial charge in [-0.3, -0.25) is 0 Å². The fraction of sp³-hybridized carbons (Fsp3) is 0.500. The van der Waals surface area contributed by atoms with Crippen LogP contribution in [0, 0.1) is 0 Å². The Kier molecular flexibility index (Phi) is 4.55. The lowest BCUT2D eigenvalue weighted by Crippen LogP contribution is -2.24. The molecule has 0 bridgehead atoms. The molecule has 0 amide bonds. The first kappa shape index (κ1) is 14.7. The molecule has 1 aromatic carbocycles. The number of rotatable bonds is 6. The maximum atomic E-state index is 5.40. The van der Waals surface area contributed by atoms with Crippen molar-refractivity contribution < 1.29 is 9.47 Å². The van der Waals surface area contributed by atoms with Gasteiger partial charge in [0, 0.05) is 30.7 Å². The number of benzene rings is 1. The van der Waals surface area contributed by atoms with Crippen molar-refractivity contribution in [2.45, 2.75) is 26.3 Å². The minimum atomic E-state index is 0.514. The normalized spacial score (nSPS) is 11.3. The molecule has 110 valence electrons. The van der Waals surface area contributed by atoms with Gasteiger partial charge < -0.3 is 19.4 Å². The van der Waals surface area contributed by atoms with Gasteiger partial charge in [0.15, 0.2) is 11.5 Å². The van der Waals surface area contributed by atoms with Crippen LogP contribution in [-0.2, 0) is 13.5 Å². The van der Waals surface area contributed by atoms with Crippen LogP contribution in [0.25, 0.3) is 10.9 Å². The summed E-state index contributed by atoms with van der Waals surface area (Å²) in [6.07, 6.45) is 3.19. The maximum absolute atomic E-state index is 5.40. The molecule has 2 rings (SSSR count). The van der Waals surface area contributed by atoms with Crippen LogP contribution in [0.2, 0.25) is 0 Å². The van der Waals surface area contributed by atoms with Crippen LogP contribution in [0.1, 0.15) is 19.4 Å². The molecule has 0 fully saturated rings. The smallest absolute Gasteiger partial charge is 0.162 e. The zero-order valence-electron chi connectivity index (χ0n) is 13.0. The maximum Gasteiger partial charge on any atom is 0.162 e. The lowest BCUT2D eigenvalue weighted by molar-refractivity contribution is 0.355. The third-order valence-electron chi connectivity index (χ3n) is 3.52. The van der Waals surface area contributed by atoms with E-state index < -0.39 is 0 Å². The van der Waals surface area contributed by atoms with Crippen molar-refractivity contribution in [2.75, 3.05) is 20.8 Å². The highest BCUT2D eigenvalue weighted by Gasteiger charge is 2.12. The number of aryl methyl sites for hydroxylation is 1. The van der Waals surface area contributed by atoms with Crippen LogP contribution in [0.15, 0.2) is 18.3 Å². The predicted octanol–water partition coefficient (Wildman–Crippen LogP) is 2.74. The fourth-order valence-electron chi connectivity index (χ4n) is 2.48. The van der Waals surface area contributed by atoms with Gasteiger partial charge in [0.05, 0.1) is 19.7 Å². The zero-order valence-corrected chi connectivity index (χ0v) is 13.0. The molecule has 4 heteroatoms. The molecule has 2 aromatic rings. The first-order chi connectivity index (χ1) is 9.56. The Labute approximate surface area is 120 Å². The molecule has 0 aliphatic rings. The Hall–Kier alpha value is -1.68. The number of aromatic nitrogens is 1. The SMILES string of the molecule is COc1cc2c(CCNC(C)C)cn(C)c2cc1OC. The Morgan fingerprint density at radius 1 is 1.15 bits per heavy atom. The fourth-order valence-corrected chi connectivity index (χ4v) is 2.48. The Balaban J connectivity index is 2.36. The Bertz CT molecular complexity index is 588. The van der Waals surface area contributed by atoms with Crippen molar-refractivity contribution >= 4 is 10.9 Å². The average Bonchev–Trinajstić information content (AvgIpc) is 2.73. The summed E-state index contributed by atoms with van der Waals surface area (Å²) in [5.74, 6) is 1.55. The molecule has 20 heavy (non-hydrogen) atoms. The summed E-state index contributed by atoms with van der Waals surface area (Å²) in [7, 11) is 5.40. The van der Waals surface area contributed by atoms with Crippen LogP contribution in [0.5, 0.6) is 11.5 Å². The zero-order chi connectivity index (χ0) is 14.7. The molecular weight excluding hydrogens is 252 g/mol. The van der Waals surface area contributed by atoms with E-state index in [0.717, 1.165) is 24.5 Å². The second kappa shape index (κ2) is 6.18. The number of nitrogens with one attached hydrogen (secondary N) is 1. The predicted molar refractivity (Wildman–Crippen MR) is 82.9 cm³/mol. The van der Waals surface area contributed by atoms with Gasteiger partial charge in [-0.25, -0.2) is 0 Å². The molecule has 0 spiro atoms. The molecule has 0 radical (unpaired) electrons. The number of methoxy groups -OCH3 is 2. The van der Waals surface area contributed by atoms with Crippen molar-refractivity contribution in [1.29, 1.82) is 0 Å². The Morgan fingerprint density at radius 3 is 2.40 bits per heavy atom. The van der Waals surface area contributed by atoms with Gasteiger partial charge in [-0.05, 0) is 24.6 Å². The minimum Gasteiger partial charge on any atom is -0.493 e. The Morgan fingerprint density at radius 2 is 1.80 bits per heavy atom. The van der Waals surface area contributed by atoms with Gasteiger partial charge in [-0.1, -0.05) is 13.8 Å². The van der Waals surface area contributed by atoms with Crippen LogP contribution >= 0.6 is 0 Å². The highest BCUT2D eigenvalue weighted by atomic mass is 16.5. The van der Waals surface area contributed by atoms with Gasteiger partial charge in [-0.15, -0.1) is 0 Å². The van der Waals surface area contributed by atoms with Crippen molar-refractivity contribution in [3.8, 4) is 11.5 Å². The first-order valence-corrected chi connectivity index (χ1v) is 7.00. The molecule has 0 aliphatic carbocycles. The molecule has 0 unspecified atom stereocenters. The summed E-state index contributed by atoms with van der Waals surface area (Å²) in [4.78, 5) is 0. The summed E-state index contributed by atoms with van der Waals surface area (Å²) in [5, 5.41) is 4.69. The average molecular weight is 276 g/mol. The minimum absolute atomic E-state index is 0.514. The lowest BCUT2D eigenvalue weighted by Gasteiger charge is -2.09. The molecular formula is C16H24N2O2. The van der Waals surface area contributed by atoms with Gasteiger partial charge in [0.1, 0.15) is 0 Å². The van der Waals surface area contributed by atoms with Crippen LogP contribution < -0.4 is 14.8 Å². The molecule has 0 saturated carbocycles. The molecule has 1 aromatic heterocycles. The van der Waals surface area contributed by atoms with E-state index >= 15 is 0 Å². The van der Waals surface area contributed by atoms with Crippen molar-refractivity contribution in [2.24, 2.45) is 7.05 Å². The summed E-state index contributed by atoms with van der Waals surface area (Å²) < 4.78 is 12.9. The first-order valence-electron chi connectivity index (χ1n) is 7.00. The van der Waals surface area contributed by atoms with Crippen LogP contribution in [-0.4, -0.2) is 31.4 Å². The van der Waals surface area contributed by atoms with Crippen molar-refractivity contribution in [3.63, 3.8) is 0 Å². The second-order valence-corrected chi connectivity index (χ2v) is 5.35. The summed E-state index contributed by atoms with van der Waals surface area (Å²) in [6.45, 7) is 5.30. The molecule has 0 aliphatic heterocycles. The van der Waals surface area contributed by atoms with Gasteiger partial charge in [-0.2, -0.15) is 0 Å². The van der Waals surface area contributed by atoms with Gasteiger partial charge in [0.2, 0.25) is 0 Å². The second-order valence-electron chi connectivity index (χ2n) is 5.35. The summed E-state index contributed by atoms with van der Waals surface area (Å²) in [5.41, 5.74) is 2.50. The molecule has 1 N–H and O–H groups in total. The largest absolute Gasteiger partial charge is 0.493 e. The third-order valence-corrected chi connectivity index (χ3v) is 3.52. The monoisotopic (exact) mass is 276 g/mol. The number of hydrogen-bond donors (Lipinski definition) is 1. The highest BCUT2D eigenvalue weighted by Crippen LogP contribution is 2.34. The van der Waals surface area contributed by atoms with E-state index in [4.69, 9.17) is 9.47 Å². The van der Waals surface area contributed by atoms with Crippen LogP contribution in [0.3, 0.4) is 0 Å². The molecule has 0 saturated heterocycles. The van der Waals surface area contributed by atoms with E-state index in [2.05, 4.69) is 43.0 Å². The topological polar surface area (TPSA) is 35.4 Å². The number of nitrogens with zero attached hydrogens (tertiary/aromatic N) is 1. The summed E-state index contributed by atoms with van der Waals surface area (Å²) in [6, 6.07) is 4.62. The van der Waals surface area contributed by atoms with Gasteiger partial charge >= 0.3 is 0 Å². The van der Waals surface area contributed by atoms with Crippen molar-refractivity contribution in [1.82, 2.24) is 9.88 Å². The van der Waals surface area contributed by atoms with E-state index in [9.17, 15) is 0 Å². The van der Waals surface area contributed by atoms with E-state index in [0.29, 0.717) is 6.04 Å². The molecule has 0 atom stereocenters. The standard InChI is InChI=1S/C16H24N2O2/c1-11(2)17-7-6-12-10-18(3)14-9-16(20-5)15(19-4)8-13(12)14/h8-11,17H,6-7H2,1-5H3. The van der Waals surface area contributed by atoms with E-state index in [1.54, 1.807) is 14.2 Å². The number of hydrogen-bond acceptors (Lipinski definition) is 3. The van der Waals surface area contributed by atoms with Gasteiger partial charge in [0.25, 0.3) is 0 Å². The number of ether oxygens (including phenoxy) is 2. The quantitative estimate of drug-likeness (QED) is 0.881.